The van der Waals surface area contributed by atoms with Gasteiger partial charge in [0.1, 0.15) is 5.75 Å². The summed E-state index contributed by atoms with van der Waals surface area (Å²) in [6, 6.07) is 7.61. The van der Waals surface area contributed by atoms with E-state index in [1.54, 1.807) is 6.92 Å². The molecule has 16 heavy (non-hydrogen) atoms. The van der Waals surface area contributed by atoms with E-state index in [9.17, 15) is 5.11 Å². The smallest absolute Gasteiger partial charge is 0.119 e. The standard InChI is InChI=1S/C13H18O3/c1-10(14)12-3-2-4-13(7-12)16-9-11-5-6-15-8-11/h2-4,7,10-11,14H,5-6,8-9H2,1H3/t10-,11?/m1/s1. The van der Waals surface area contributed by atoms with Gasteiger partial charge in [-0.25, -0.2) is 0 Å². The molecule has 1 unspecified atom stereocenters. The van der Waals surface area contributed by atoms with Gasteiger partial charge in [-0.3, -0.25) is 0 Å². The molecule has 2 atom stereocenters. The van der Waals surface area contributed by atoms with Gasteiger partial charge >= 0.3 is 0 Å². The normalized spacial score (nSPS) is 22.0. The Labute approximate surface area is 96.0 Å². The molecule has 3 nitrogen and oxygen atoms in total. The van der Waals surface area contributed by atoms with Crippen molar-refractivity contribution in [3.63, 3.8) is 0 Å². The predicted octanol–water partition coefficient (Wildman–Crippen LogP) is 2.16. The average molecular weight is 222 g/mol. The summed E-state index contributed by atoms with van der Waals surface area (Å²) in [6.07, 6.45) is 0.633. The van der Waals surface area contributed by atoms with Crippen LogP contribution in [0.15, 0.2) is 24.3 Å². The Morgan fingerprint density at radius 1 is 1.56 bits per heavy atom. The number of hydrogen-bond acceptors (Lipinski definition) is 3. The minimum atomic E-state index is -0.446. The van der Waals surface area contributed by atoms with Crippen molar-refractivity contribution in [3.05, 3.63) is 29.8 Å². The SMILES string of the molecule is C[C@@H](O)c1cccc(OCC2CCOC2)c1. The summed E-state index contributed by atoms with van der Waals surface area (Å²) in [5, 5.41) is 9.45. The molecule has 1 aromatic carbocycles. The molecule has 0 aliphatic carbocycles. The van der Waals surface area contributed by atoms with Crippen LogP contribution in [0.3, 0.4) is 0 Å². The first-order valence-corrected chi connectivity index (χ1v) is 5.74. The maximum Gasteiger partial charge on any atom is 0.119 e. The summed E-state index contributed by atoms with van der Waals surface area (Å²) in [7, 11) is 0. The molecule has 0 amide bonds. The van der Waals surface area contributed by atoms with E-state index in [1.807, 2.05) is 24.3 Å². The zero-order valence-electron chi connectivity index (χ0n) is 9.56. The highest BCUT2D eigenvalue weighted by molar-refractivity contribution is 5.29. The van der Waals surface area contributed by atoms with E-state index in [2.05, 4.69) is 0 Å². The van der Waals surface area contributed by atoms with Gasteiger partial charge in [0.25, 0.3) is 0 Å². The van der Waals surface area contributed by atoms with Crippen LogP contribution in [-0.2, 0) is 4.74 Å². The Kier molecular flexibility index (Phi) is 3.80. The average Bonchev–Trinajstić information content (AvgIpc) is 2.79. The lowest BCUT2D eigenvalue weighted by Crippen LogP contribution is -2.11. The van der Waals surface area contributed by atoms with Crippen LogP contribution in [0, 0.1) is 5.92 Å². The first-order chi connectivity index (χ1) is 7.75. The monoisotopic (exact) mass is 222 g/mol. The van der Waals surface area contributed by atoms with E-state index in [-0.39, 0.29) is 0 Å². The van der Waals surface area contributed by atoms with E-state index in [0.717, 1.165) is 30.9 Å². The molecule has 88 valence electrons. The highest BCUT2D eigenvalue weighted by Crippen LogP contribution is 2.20. The number of benzene rings is 1. The van der Waals surface area contributed by atoms with Crippen molar-refractivity contribution < 1.29 is 14.6 Å². The second-order valence-electron chi connectivity index (χ2n) is 4.29. The van der Waals surface area contributed by atoms with Crippen LogP contribution < -0.4 is 4.74 Å². The highest BCUT2D eigenvalue weighted by atomic mass is 16.5. The van der Waals surface area contributed by atoms with Gasteiger partial charge in [0.2, 0.25) is 0 Å². The molecule has 3 heteroatoms. The molecule has 0 bridgehead atoms. The fraction of sp³-hybridized carbons (Fsp3) is 0.538. The van der Waals surface area contributed by atoms with Gasteiger partial charge in [0, 0.05) is 12.5 Å². The Hall–Kier alpha value is -1.06. The number of aliphatic hydroxyl groups is 1. The number of hydrogen-bond donors (Lipinski definition) is 1. The van der Waals surface area contributed by atoms with Gasteiger partial charge < -0.3 is 14.6 Å². The first kappa shape index (κ1) is 11.4. The van der Waals surface area contributed by atoms with Crippen molar-refractivity contribution in [1.82, 2.24) is 0 Å². The molecular weight excluding hydrogens is 204 g/mol. The second-order valence-corrected chi connectivity index (χ2v) is 4.29. The van der Waals surface area contributed by atoms with Crippen molar-refractivity contribution in [2.45, 2.75) is 19.4 Å². The lowest BCUT2D eigenvalue weighted by Gasteiger charge is -2.12. The van der Waals surface area contributed by atoms with Crippen LogP contribution in [0.1, 0.15) is 25.0 Å². The number of rotatable bonds is 4. The van der Waals surface area contributed by atoms with Gasteiger partial charge in [-0.1, -0.05) is 12.1 Å². The Morgan fingerprint density at radius 2 is 2.44 bits per heavy atom. The van der Waals surface area contributed by atoms with Gasteiger partial charge in [-0.15, -0.1) is 0 Å². The number of aliphatic hydroxyl groups excluding tert-OH is 1. The fourth-order valence-electron chi connectivity index (χ4n) is 1.79. The fourth-order valence-corrected chi connectivity index (χ4v) is 1.79. The van der Waals surface area contributed by atoms with E-state index in [0.29, 0.717) is 12.5 Å². The van der Waals surface area contributed by atoms with Crippen LogP contribution in [0.4, 0.5) is 0 Å². The molecule has 1 aliphatic heterocycles. The lowest BCUT2D eigenvalue weighted by atomic mass is 10.1. The summed E-state index contributed by atoms with van der Waals surface area (Å²) >= 11 is 0. The van der Waals surface area contributed by atoms with Gasteiger partial charge in [-0.2, -0.15) is 0 Å². The number of ether oxygens (including phenoxy) is 2. The summed E-state index contributed by atoms with van der Waals surface area (Å²) in [4.78, 5) is 0. The van der Waals surface area contributed by atoms with Crippen LogP contribution in [0.5, 0.6) is 5.75 Å². The van der Waals surface area contributed by atoms with Crippen LogP contribution >= 0.6 is 0 Å². The largest absolute Gasteiger partial charge is 0.493 e. The Bertz CT molecular complexity index is 330. The Balaban J connectivity index is 1.90. The van der Waals surface area contributed by atoms with Crippen molar-refractivity contribution >= 4 is 0 Å². The third kappa shape index (κ3) is 2.97. The molecule has 2 rings (SSSR count). The topological polar surface area (TPSA) is 38.7 Å². The van der Waals surface area contributed by atoms with Crippen molar-refractivity contribution in [1.29, 1.82) is 0 Å². The van der Waals surface area contributed by atoms with Crippen LogP contribution in [-0.4, -0.2) is 24.9 Å². The molecule has 1 saturated heterocycles. The molecule has 1 aliphatic rings. The summed E-state index contributed by atoms with van der Waals surface area (Å²) < 4.78 is 11.0. The molecular formula is C13H18O3. The maximum atomic E-state index is 9.45. The zero-order chi connectivity index (χ0) is 11.4. The third-order valence-electron chi connectivity index (χ3n) is 2.85. The van der Waals surface area contributed by atoms with Crippen LogP contribution in [0.25, 0.3) is 0 Å². The molecule has 1 aromatic rings. The van der Waals surface area contributed by atoms with Crippen LogP contribution in [0.2, 0.25) is 0 Å². The van der Waals surface area contributed by atoms with Gasteiger partial charge in [0.15, 0.2) is 0 Å². The minimum absolute atomic E-state index is 0.446. The van der Waals surface area contributed by atoms with E-state index in [1.165, 1.54) is 0 Å². The van der Waals surface area contributed by atoms with Crippen molar-refractivity contribution in [2.24, 2.45) is 5.92 Å². The van der Waals surface area contributed by atoms with E-state index in [4.69, 9.17) is 9.47 Å². The first-order valence-electron chi connectivity index (χ1n) is 5.74. The molecule has 1 N–H and O–H groups in total. The maximum absolute atomic E-state index is 9.45. The molecule has 1 fully saturated rings. The predicted molar refractivity (Wildman–Crippen MR) is 61.5 cm³/mol. The summed E-state index contributed by atoms with van der Waals surface area (Å²) in [6.45, 7) is 4.10. The second kappa shape index (κ2) is 5.32. The quantitative estimate of drug-likeness (QED) is 0.848. The lowest BCUT2D eigenvalue weighted by molar-refractivity contribution is 0.166. The third-order valence-corrected chi connectivity index (χ3v) is 2.85. The van der Waals surface area contributed by atoms with E-state index < -0.39 is 6.10 Å². The van der Waals surface area contributed by atoms with Crippen molar-refractivity contribution in [3.8, 4) is 5.75 Å². The molecule has 0 aromatic heterocycles. The van der Waals surface area contributed by atoms with Crippen molar-refractivity contribution in [2.75, 3.05) is 19.8 Å². The molecule has 0 saturated carbocycles. The van der Waals surface area contributed by atoms with Gasteiger partial charge in [-0.05, 0) is 31.0 Å². The highest BCUT2D eigenvalue weighted by Gasteiger charge is 2.16. The minimum Gasteiger partial charge on any atom is -0.493 e. The summed E-state index contributed by atoms with van der Waals surface area (Å²) in [5.74, 6) is 1.33. The summed E-state index contributed by atoms with van der Waals surface area (Å²) in [5.41, 5.74) is 0.889. The molecule has 0 radical (unpaired) electrons. The molecule has 0 spiro atoms. The molecule has 1 heterocycles. The van der Waals surface area contributed by atoms with Gasteiger partial charge in [0.05, 0.1) is 19.3 Å². The zero-order valence-corrected chi connectivity index (χ0v) is 9.56. The Morgan fingerprint density at radius 3 is 3.12 bits per heavy atom. The van der Waals surface area contributed by atoms with E-state index >= 15 is 0 Å².